The third kappa shape index (κ3) is 12.2. The van der Waals surface area contributed by atoms with Gasteiger partial charge in [0.05, 0.1) is 6.33 Å². The quantitative estimate of drug-likeness (QED) is 0.615. The molecule has 1 rings (SSSR count). The Morgan fingerprint density at radius 2 is 1.79 bits per heavy atom. The Morgan fingerprint density at radius 1 is 1.25 bits per heavy atom. The van der Waals surface area contributed by atoms with Crippen LogP contribution in [0.4, 0.5) is 0 Å². The summed E-state index contributed by atoms with van der Waals surface area (Å²) in [6.07, 6.45) is 7.11. The summed E-state index contributed by atoms with van der Waals surface area (Å²) in [5.74, 6) is 0.197. The van der Waals surface area contributed by atoms with E-state index in [-0.39, 0.29) is 55.2 Å². The van der Waals surface area contributed by atoms with Crippen molar-refractivity contribution in [2.75, 3.05) is 0 Å². The molecule has 24 heavy (non-hydrogen) atoms. The van der Waals surface area contributed by atoms with Crippen LogP contribution in [0.25, 0.3) is 0 Å². The van der Waals surface area contributed by atoms with Crippen molar-refractivity contribution in [2.24, 2.45) is 16.7 Å². The first-order valence-electron chi connectivity index (χ1n) is 8.58. The molecule has 1 aromatic rings. The zero-order valence-electron chi connectivity index (χ0n) is 16.9. The maximum atomic E-state index is 11.8. The van der Waals surface area contributed by atoms with Gasteiger partial charge in [-0.1, -0.05) is 67.0 Å². The zero-order chi connectivity index (χ0) is 18.3. The molecule has 0 N–H and O–H groups in total. The summed E-state index contributed by atoms with van der Waals surface area (Å²) in [6.45, 7) is 23.2. The summed E-state index contributed by atoms with van der Waals surface area (Å²) < 4.78 is 2.08. The number of imidazole rings is 1. The molecule has 1 radical (unpaired) electrons. The molecule has 0 amide bonds. The van der Waals surface area contributed by atoms with Gasteiger partial charge in [-0.15, -0.1) is 12.1 Å². The minimum absolute atomic E-state index is 0. The van der Waals surface area contributed by atoms with Gasteiger partial charge >= 0.3 is 0 Å². The van der Waals surface area contributed by atoms with Crippen molar-refractivity contribution in [1.29, 1.82) is 0 Å². The smallest absolute Gasteiger partial charge is 0.111 e. The molecule has 0 aliphatic heterocycles. The number of rotatable bonds is 5. The van der Waals surface area contributed by atoms with Crippen LogP contribution >= 0.6 is 0 Å². The molecule has 0 aromatic carbocycles. The molecular formula is C20H36N2OY-2. The van der Waals surface area contributed by atoms with Gasteiger partial charge in [0.25, 0.3) is 0 Å². The summed E-state index contributed by atoms with van der Waals surface area (Å²) in [7, 11) is 0. The van der Waals surface area contributed by atoms with Gasteiger partial charge in [0.2, 0.25) is 0 Å². The van der Waals surface area contributed by atoms with Crippen LogP contribution in [0.2, 0.25) is 0 Å². The second-order valence-corrected chi connectivity index (χ2v) is 8.53. The molecule has 1 unspecified atom stereocenters. The largest absolute Gasteiger partial charge is 0.416 e. The van der Waals surface area contributed by atoms with E-state index in [0.717, 1.165) is 18.7 Å². The molecule has 1 aromatic heterocycles. The minimum Gasteiger partial charge on any atom is -0.416 e. The van der Waals surface area contributed by atoms with Crippen LogP contribution in [-0.2, 0) is 44.0 Å². The van der Waals surface area contributed by atoms with E-state index in [0.29, 0.717) is 0 Å². The number of carbonyl (C=O) groups excluding carboxylic acids is 1. The van der Waals surface area contributed by atoms with Crippen LogP contribution in [0, 0.1) is 30.6 Å². The molecule has 0 bridgehead atoms. The normalized spacial score (nSPS) is 12.7. The molecule has 3 nitrogen and oxygen atoms in total. The number of hydrogen-bond donors (Lipinski definition) is 0. The van der Waals surface area contributed by atoms with Crippen molar-refractivity contribution in [3.8, 4) is 0 Å². The van der Waals surface area contributed by atoms with Crippen molar-refractivity contribution in [3.05, 3.63) is 32.1 Å². The summed E-state index contributed by atoms with van der Waals surface area (Å²) in [5, 5.41) is 0. The Kier molecular flexibility index (Phi) is 12.5. The van der Waals surface area contributed by atoms with E-state index < -0.39 is 0 Å². The molecule has 0 fully saturated rings. The fraction of sp³-hybridized carbons (Fsp3) is 0.700. The average molecular weight is 409 g/mol. The first-order valence-corrected chi connectivity index (χ1v) is 8.58. The third-order valence-corrected chi connectivity index (χ3v) is 3.43. The van der Waals surface area contributed by atoms with Crippen LogP contribution in [0.5, 0.6) is 0 Å². The summed E-state index contributed by atoms with van der Waals surface area (Å²) in [6, 6.07) is 0. The average Bonchev–Trinajstić information content (AvgIpc) is 2.79. The van der Waals surface area contributed by atoms with Crippen LogP contribution in [0.15, 0.2) is 12.5 Å². The van der Waals surface area contributed by atoms with E-state index in [1.54, 1.807) is 0 Å². The third-order valence-electron chi connectivity index (χ3n) is 3.43. The van der Waals surface area contributed by atoms with Crippen LogP contribution < -0.4 is 0 Å². The van der Waals surface area contributed by atoms with Gasteiger partial charge < -0.3 is 16.3 Å². The molecule has 0 aliphatic rings. The Hall–Kier alpha value is -0.146. The van der Waals surface area contributed by atoms with Crippen molar-refractivity contribution in [3.63, 3.8) is 0 Å². The van der Waals surface area contributed by atoms with Gasteiger partial charge in [0.1, 0.15) is 5.78 Å². The molecule has 0 aliphatic carbocycles. The van der Waals surface area contributed by atoms with E-state index in [1.807, 2.05) is 33.3 Å². The molecule has 1 atom stereocenters. The van der Waals surface area contributed by atoms with Gasteiger partial charge in [-0.3, -0.25) is 4.98 Å². The van der Waals surface area contributed by atoms with Gasteiger partial charge in [-0.05, 0) is 11.8 Å². The van der Waals surface area contributed by atoms with Crippen molar-refractivity contribution in [1.82, 2.24) is 9.55 Å². The molecule has 0 saturated heterocycles. The van der Waals surface area contributed by atoms with Gasteiger partial charge in [0.15, 0.2) is 0 Å². The summed E-state index contributed by atoms with van der Waals surface area (Å²) >= 11 is 0. The predicted molar refractivity (Wildman–Crippen MR) is 99.0 cm³/mol. The first kappa shape index (κ1) is 26.1. The van der Waals surface area contributed by atoms with Crippen molar-refractivity contribution in [2.45, 2.75) is 74.3 Å². The number of unbranched alkanes of at least 4 members (excludes halogenated alkanes) is 1. The Labute approximate surface area is 175 Å². The molecule has 0 saturated carbocycles. The standard InChI is InChI=1S/C12H23O.C8H13N2.Y/c1-9(8-11(2,3)4)10(13)12(5,6)7;1-3-4-5-10-6-8(2)9-7-10;/h9H,1,8H2,2-7H3;6-7H,2-5H2,1H3;/q2*-1;. The number of hydrogen-bond acceptors (Lipinski definition) is 2. The summed E-state index contributed by atoms with van der Waals surface area (Å²) in [5.41, 5.74) is 0.793. The molecular weight excluding hydrogens is 373 g/mol. The molecule has 1 heterocycles. The van der Waals surface area contributed by atoms with E-state index >= 15 is 0 Å². The molecule has 0 spiro atoms. The number of Topliss-reactive ketones (excluding diaryl/α,β-unsaturated/α-hetero) is 1. The maximum absolute atomic E-state index is 11.8. The SMILES string of the molecule is [CH2-]C(CC(C)(C)C)C(=O)C(C)(C)C.[CH2-]c1cn(CCCC)cn1.[Y]. The number of carbonyl (C=O) groups is 1. The minimum atomic E-state index is -0.252. The van der Waals surface area contributed by atoms with Crippen LogP contribution in [0.1, 0.15) is 73.4 Å². The molecule has 137 valence electrons. The van der Waals surface area contributed by atoms with Gasteiger partial charge in [-0.2, -0.15) is 0 Å². The molecule has 4 heteroatoms. The van der Waals surface area contributed by atoms with E-state index in [1.165, 1.54) is 12.8 Å². The fourth-order valence-electron chi connectivity index (χ4n) is 2.31. The Balaban J connectivity index is 0. The number of aryl methyl sites for hydroxylation is 1. The van der Waals surface area contributed by atoms with Crippen molar-refractivity contribution < 1.29 is 37.5 Å². The zero-order valence-corrected chi connectivity index (χ0v) is 19.7. The van der Waals surface area contributed by atoms with Gasteiger partial charge in [0, 0.05) is 44.7 Å². The maximum Gasteiger partial charge on any atom is 0.111 e. The van der Waals surface area contributed by atoms with Crippen LogP contribution in [-0.4, -0.2) is 15.3 Å². The van der Waals surface area contributed by atoms with Crippen molar-refractivity contribution >= 4 is 5.78 Å². The van der Waals surface area contributed by atoms with E-state index in [2.05, 4.69) is 51.1 Å². The van der Waals surface area contributed by atoms with Gasteiger partial charge in [-0.25, -0.2) is 6.92 Å². The second-order valence-electron chi connectivity index (χ2n) is 8.53. The predicted octanol–water partition coefficient (Wildman–Crippen LogP) is 5.35. The number of nitrogens with zero attached hydrogens (tertiary/aromatic N) is 2. The fourth-order valence-corrected chi connectivity index (χ4v) is 2.31. The Bertz CT molecular complexity index is 467. The second kappa shape index (κ2) is 11.5. The summed E-state index contributed by atoms with van der Waals surface area (Å²) in [4.78, 5) is 15.8. The Morgan fingerprint density at radius 3 is 2.12 bits per heavy atom. The van der Waals surface area contributed by atoms with E-state index in [4.69, 9.17) is 0 Å². The number of aromatic nitrogens is 2. The first-order chi connectivity index (χ1) is 10.4. The van der Waals surface area contributed by atoms with E-state index in [9.17, 15) is 4.79 Å². The van der Waals surface area contributed by atoms with Crippen LogP contribution in [0.3, 0.4) is 0 Å². The topological polar surface area (TPSA) is 34.9 Å². The number of ketones is 1. The monoisotopic (exact) mass is 409 g/mol.